The smallest absolute Gasteiger partial charge is 0.332 e. The van der Waals surface area contributed by atoms with Gasteiger partial charge >= 0.3 is 6.18 Å². The maximum absolute atomic E-state index is 13.3. The Bertz CT molecular complexity index is 457. The van der Waals surface area contributed by atoms with Gasteiger partial charge in [0.1, 0.15) is 18.2 Å². The van der Waals surface area contributed by atoms with E-state index in [4.69, 9.17) is 11.6 Å². The summed E-state index contributed by atoms with van der Waals surface area (Å²) in [6, 6.07) is 2.97. The average molecular weight is 316 g/mol. The van der Waals surface area contributed by atoms with E-state index in [2.05, 4.69) is 0 Å². The number of hydrogen-bond donors (Lipinski definition) is 0. The summed E-state index contributed by atoms with van der Waals surface area (Å²) in [4.78, 5) is 12.1. The van der Waals surface area contributed by atoms with Gasteiger partial charge in [0.25, 0.3) is 0 Å². The van der Waals surface area contributed by atoms with Crippen LogP contribution in [-0.2, 0) is 11.2 Å². The van der Waals surface area contributed by atoms with Gasteiger partial charge in [0.2, 0.25) is 5.91 Å². The Hall–Kier alpha value is -1.37. The molecule has 0 bridgehead atoms. The number of nitrogens with zero attached hydrogens (tertiary/aromatic N) is 1. The van der Waals surface area contributed by atoms with Gasteiger partial charge < -0.3 is 4.90 Å². The fraction of sp³-hybridized carbons (Fsp3) is 0.417. The van der Waals surface area contributed by atoms with Crippen LogP contribution in [0.1, 0.15) is 5.56 Å². The van der Waals surface area contributed by atoms with Crippen molar-refractivity contribution in [3.63, 3.8) is 0 Å². The zero-order valence-electron chi connectivity index (χ0n) is 10.2. The van der Waals surface area contributed by atoms with E-state index in [1.165, 1.54) is 0 Å². The summed E-state index contributed by atoms with van der Waals surface area (Å²) in [5, 5.41) is 0. The summed E-state index contributed by atoms with van der Waals surface area (Å²) in [6.45, 7) is -1.86. The summed E-state index contributed by atoms with van der Waals surface area (Å²) < 4.78 is 63.6. The molecule has 0 unspecified atom stereocenters. The molecule has 0 fully saturated rings. The minimum Gasteiger partial charge on any atom is -0.332 e. The van der Waals surface area contributed by atoms with Crippen LogP contribution in [-0.4, -0.2) is 36.0 Å². The minimum absolute atomic E-state index is 0.207. The number of halogens is 6. The third kappa shape index (κ3) is 4.96. The Morgan fingerprint density at radius 2 is 1.75 bits per heavy atom. The second kappa shape index (κ2) is 6.88. The maximum atomic E-state index is 13.3. The first-order valence-electron chi connectivity index (χ1n) is 5.58. The molecule has 0 aromatic heterocycles. The van der Waals surface area contributed by atoms with Gasteiger partial charge in [0.05, 0.1) is 6.42 Å². The van der Waals surface area contributed by atoms with E-state index in [0.717, 1.165) is 18.2 Å². The summed E-state index contributed by atoms with van der Waals surface area (Å²) >= 11 is 5.33. The number of carbonyl (C=O) groups excluding carboxylic acids is 1. The highest BCUT2D eigenvalue weighted by atomic mass is 35.5. The van der Waals surface area contributed by atoms with Crippen LogP contribution in [0.4, 0.5) is 22.0 Å². The van der Waals surface area contributed by atoms with Crippen molar-refractivity contribution in [2.24, 2.45) is 0 Å². The third-order valence-electron chi connectivity index (χ3n) is 2.47. The molecule has 20 heavy (non-hydrogen) atoms. The highest BCUT2D eigenvalue weighted by Gasteiger charge is 2.33. The lowest BCUT2D eigenvalue weighted by Crippen LogP contribution is -2.41. The van der Waals surface area contributed by atoms with Gasteiger partial charge in [-0.1, -0.05) is 6.07 Å². The summed E-state index contributed by atoms with van der Waals surface area (Å²) in [7, 11) is 0. The van der Waals surface area contributed by atoms with E-state index in [9.17, 15) is 26.7 Å². The van der Waals surface area contributed by atoms with Crippen LogP contribution >= 0.6 is 11.6 Å². The van der Waals surface area contributed by atoms with Crippen molar-refractivity contribution >= 4 is 17.5 Å². The summed E-state index contributed by atoms with van der Waals surface area (Å²) in [5.74, 6) is -3.19. The van der Waals surface area contributed by atoms with Gasteiger partial charge in [-0.3, -0.25) is 4.79 Å². The Labute approximate surface area is 117 Å². The zero-order valence-corrected chi connectivity index (χ0v) is 10.9. The molecule has 2 nitrogen and oxygen atoms in total. The molecule has 0 saturated carbocycles. The van der Waals surface area contributed by atoms with Gasteiger partial charge in [0, 0.05) is 18.0 Å². The van der Waals surface area contributed by atoms with Crippen LogP contribution < -0.4 is 0 Å². The van der Waals surface area contributed by atoms with Crippen LogP contribution in [0.5, 0.6) is 0 Å². The Morgan fingerprint density at radius 1 is 1.20 bits per heavy atom. The molecule has 1 aromatic rings. The minimum atomic E-state index is -4.60. The summed E-state index contributed by atoms with van der Waals surface area (Å²) in [6.07, 6.45) is -5.39. The molecule has 0 radical (unpaired) electrons. The van der Waals surface area contributed by atoms with Crippen LogP contribution in [0.25, 0.3) is 0 Å². The van der Waals surface area contributed by atoms with Crippen LogP contribution in [0.15, 0.2) is 18.2 Å². The lowest BCUT2D eigenvalue weighted by atomic mass is 10.1. The Morgan fingerprint density at radius 3 is 2.20 bits per heavy atom. The van der Waals surface area contributed by atoms with Gasteiger partial charge in [0.15, 0.2) is 0 Å². The molecule has 0 aliphatic heterocycles. The molecule has 112 valence electrons. The van der Waals surface area contributed by atoms with Crippen molar-refractivity contribution in [1.82, 2.24) is 4.90 Å². The molecule has 8 heteroatoms. The standard InChI is InChI=1S/C12H11ClF5NO/c13-4-5-19(7-12(16,17)18)11(20)6-8-9(14)2-1-3-10(8)15/h1-3H,4-7H2. The van der Waals surface area contributed by atoms with Gasteiger partial charge in [-0.15, -0.1) is 11.6 Å². The molecule has 0 atom stereocenters. The number of rotatable bonds is 5. The predicted octanol–water partition coefficient (Wildman–Crippen LogP) is 3.14. The zero-order chi connectivity index (χ0) is 15.3. The molecule has 0 saturated heterocycles. The molecule has 1 aromatic carbocycles. The highest BCUT2D eigenvalue weighted by Crippen LogP contribution is 2.19. The first kappa shape index (κ1) is 16.7. The number of carbonyl (C=O) groups is 1. The van der Waals surface area contributed by atoms with E-state index in [1.54, 1.807) is 0 Å². The topological polar surface area (TPSA) is 20.3 Å². The first-order chi connectivity index (χ1) is 9.24. The predicted molar refractivity (Wildman–Crippen MR) is 63.4 cm³/mol. The SMILES string of the molecule is O=C(Cc1c(F)cccc1F)N(CCCl)CC(F)(F)F. The van der Waals surface area contributed by atoms with Crippen molar-refractivity contribution in [3.05, 3.63) is 35.4 Å². The largest absolute Gasteiger partial charge is 0.406 e. The van der Waals surface area contributed by atoms with E-state index < -0.39 is 42.2 Å². The molecular formula is C12H11ClF5NO. The maximum Gasteiger partial charge on any atom is 0.406 e. The van der Waals surface area contributed by atoms with Gasteiger partial charge in [-0.05, 0) is 12.1 Å². The molecule has 1 rings (SSSR count). The van der Waals surface area contributed by atoms with Crippen LogP contribution in [0, 0.1) is 11.6 Å². The molecule has 0 aliphatic carbocycles. The van der Waals surface area contributed by atoms with Crippen molar-refractivity contribution < 1.29 is 26.7 Å². The van der Waals surface area contributed by atoms with E-state index in [0.29, 0.717) is 4.90 Å². The summed E-state index contributed by atoms with van der Waals surface area (Å²) in [5.41, 5.74) is -0.556. The highest BCUT2D eigenvalue weighted by molar-refractivity contribution is 6.18. The van der Waals surface area contributed by atoms with E-state index in [-0.39, 0.29) is 12.4 Å². The lowest BCUT2D eigenvalue weighted by Gasteiger charge is -2.23. The normalized spacial score (nSPS) is 11.5. The fourth-order valence-corrected chi connectivity index (χ4v) is 1.78. The number of amides is 1. The molecule has 0 aliphatic rings. The Balaban J connectivity index is 2.86. The van der Waals surface area contributed by atoms with Crippen molar-refractivity contribution in [3.8, 4) is 0 Å². The lowest BCUT2D eigenvalue weighted by molar-refractivity contribution is -0.160. The van der Waals surface area contributed by atoms with Gasteiger partial charge in [-0.2, -0.15) is 13.2 Å². The van der Waals surface area contributed by atoms with E-state index in [1.807, 2.05) is 0 Å². The molecular weight excluding hydrogens is 305 g/mol. The molecule has 0 N–H and O–H groups in total. The molecule has 1 amide bonds. The number of benzene rings is 1. The molecule has 0 heterocycles. The Kier molecular flexibility index (Phi) is 5.74. The van der Waals surface area contributed by atoms with Gasteiger partial charge in [-0.25, -0.2) is 8.78 Å². The second-order valence-corrected chi connectivity index (χ2v) is 4.37. The third-order valence-corrected chi connectivity index (χ3v) is 2.64. The van der Waals surface area contributed by atoms with Crippen molar-refractivity contribution in [2.45, 2.75) is 12.6 Å². The van der Waals surface area contributed by atoms with Crippen LogP contribution in [0.2, 0.25) is 0 Å². The first-order valence-corrected chi connectivity index (χ1v) is 6.11. The van der Waals surface area contributed by atoms with E-state index >= 15 is 0 Å². The monoisotopic (exact) mass is 315 g/mol. The average Bonchev–Trinajstić information content (AvgIpc) is 2.31. The van der Waals surface area contributed by atoms with Crippen molar-refractivity contribution in [1.29, 1.82) is 0 Å². The fourth-order valence-electron chi connectivity index (χ4n) is 1.57. The number of alkyl halides is 4. The second-order valence-electron chi connectivity index (χ2n) is 4.00. The quantitative estimate of drug-likeness (QED) is 0.604. The number of hydrogen-bond acceptors (Lipinski definition) is 1. The van der Waals surface area contributed by atoms with Crippen molar-refractivity contribution in [2.75, 3.05) is 19.0 Å². The molecule has 0 spiro atoms. The van der Waals surface area contributed by atoms with Crippen LogP contribution in [0.3, 0.4) is 0 Å².